The Bertz CT molecular complexity index is 408. The lowest BCUT2D eigenvalue weighted by molar-refractivity contribution is 0.107. The number of ether oxygens (including phenoxy) is 1. The Kier molecular flexibility index (Phi) is 4.60. The first-order chi connectivity index (χ1) is 9.85. The third kappa shape index (κ3) is 3.34. The summed E-state index contributed by atoms with van der Waals surface area (Å²) in [5.74, 6) is 0.913. The summed E-state index contributed by atoms with van der Waals surface area (Å²) >= 11 is 0. The zero-order valence-corrected chi connectivity index (χ0v) is 12.2. The molecular formula is C15H24N4O. The van der Waals surface area contributed by atoms with Crippen LogP contribution in [0.25, 0.3) is 0 Å². The van der Waals surface area contributed by atoms with E-state index in [1.54, 1.807) is 0 Å². The Labute approximate surface area is 121 Å². The molecule has 2 aliphatic rings. The molecule has 0 N–H and O–H groups in total. The van der Waals surface area contributed by atoms with Gasteiger partial charge < -0.3 is 9.64 Å². The number of hydrogen-bond acceptors (Lipinski definition) is 5. The molecule has 0 saturated carbocycles. The van der Waals surface area contributed by atoms with Gasteiger partial charge in [0.05, 0.1) is 12.6 Å². The van der Waals surface area contributed by atoms with Crippen molar-refractivity contribution in [1.29, 1.82) is 0 Å². The molecule has 3 heterocycles. The third-order valence-corrected chi connectivity index (χ3v) is 4.45. The van der Waals surface area contributed by atoms with Gasteiger partial charge in [0.1, 0.15) is 5.82 Å². The first-order valence-corrected chi connectivity index (χ1v) is 7.60. The molecule has 0 amide bonds. The van der Waals surface area contributed by atoms with Crippen LogP contribution in [-0.4, -0.2) is 65.2 Å². The van der Waals surface area contributed by atoms with Crippen LogP contribution < -0.4 is 0 Å². The van der Waals surface area contributed by atoms with E-state index in [-0.39, 0.29) is 0 Å². The third-order valence-electron chi connectivity index (χ3n) is 4.45. The van der Waals surface area contributed by atoms with Crippen LogP contribution in [0.4, 0.5) is 0 Å². The van der Waals surface area contributed by atoms with Crippen molar-refractivity contribution in [3.63, 3.8) is 0 Å². The average molecular weight is 276 g/mol. The molecule has 0 spiro atoms. The second-order valence-corrected chi connectivity index (χ2v) is 5.85. The minimum atomic E-state index is 0.353. The van der Waals surface area contributed by atoms with Gasteiger partial charge in [-0.1, -0.05) is 0 Å². The van der Waals surface area contributed by atoms with Crippen LogP contribution >= 0.6 is 0 Å². The van der Waals surface area contributed by atoms with E-state index in [9.17, 15) is 0 Å². The van der Waals surface area contributed by atoms with Gasteiger partial charge in [-0.3, -0.25) is 4.90 Å². The molecule has 20 heavy (non-hydrogen) atoms. The Morgan fingerprint density at radius 3 is 2.70 bits per heavy atom. The van der Waals surface area contributed by atoms with Crippen molar-refractivity contribution in [3.05, 3.63) is 24.3 Å². The second-order valence-electron chi connectivity index (χ2n) is 5.85. The molecule has 2 saturated heterocycles. The van der Waals surface area contributed by atoms with Gasteiger partial charge in [0.2, 0.25) is 0 Å². The summed E-state index contributed by atoms with van der Waals surface area (Å²) in [6.07, 6.45) is 7.82. The number of methoxy groups -OCH3 is 1. The SMILES string of the molecule is CO[C@H]1C[C@@H](CN2CCCC2)N(Cc2ncccn2)C1. The molecule has 1 aromatic rings. The number of aromatic nitrogens is 2. The van der Waals surface area contributed by atoms with Crippen molar-refractivity contribution in [1.82, 2.24) is 19.8 Å². The van der Waals surface area contributed by atoms with E-state index in [0.717, 1.165) is 31.9 Å². The van der Waals surface area contributed by atoms with Crippen molar-refractivity contribution in [2.45, 2.75) is 38.0 Å². The molecule has 2 aliphatic heterocycles. The van der Waals surface area contributed by atoms with Gasteiger partial charge in [0.25, 0.3) is 0 Å². The normalized spacial score (nSPS) is 28.2. The molecule has 1 aromatic heterocycles. The zero-order valence-electron chi connectivity index (χ0n) is 12.2. The predicted octanol–water partition coefficient (Wildman–Crippen LogP) is 1.16. The fourth-order valence-corrected chi connectivity index (χ4v) is 3.35. The van der Waals surface area contributed by atoms with E-state index >= 15 is 0 Å². The maximum absolute atomic E-state index is 5.57. The van der Waals surface area contributed by atoms with E-state index < -0.39 is 0 Å². The fourth-order valence-electron chi connectivity index (χ4n) is 3.35. The number of hydrogen-bond donors (Lipinski definition) is 0. The Morgan fingerprint density at radius 2 is 2.00 bits per heavy atom. The fraction of sp³-hybridized carbons (Fsp3) is 0.733. The minimum absolute atomic E-state index is 0.353. The summed E-state index contributed by atoms with van der Waals surface area (Å²) < 4.78 is 5.57. The maximum atomic E-state index is 5.57. The van der Waals surface area contributed by atoms with E-state index in [4.69, 9.17) is 4.74 Å². The van der Waals surface area contributed by atoms with Crippen LogP contribution in [0.5, 0.6) is 0 Å². The lowest BCUT2D eigenvalue weighted by atomic mass is 10.2. The van der Waals surface area contributed by atoms with E-state index in [1.807, 2.05) is 25.6 Å². The van der Waals surface area contributed by atoms with E-state index in [0.29, 0.717) is 12.1 Å². The average Bonchev–Trinajstić information content (AvgIpc) is 3.11. The number of nitrogens with zero attached hydrogens (tertiary/aromatic N) is 4. The van der Waals surface area contributed by atoms with Crippen LogP contribution in [0.3, 0.4) is 0 Å². The summed E-state index contributed by atoms with van der Waals surface area (Å²) in [7, 11) is 1.82. The molecule has 0 radical (unpaired) electrons. The van der Waals surface area contributed by atoms with Gasteiger partial charge in [-0.2, -0.15) is 0 Å². The maximum Gasteiger partial charge on any atom is 0.142 e. The quantitative estimate of drug-likeness (QED) is 0.807. The molecule has 0 unspecified atom stereocenters. The van der Waals surface area contributed by atoms with Crippen molar-refractivity contribution < 1.29 is 4.74 Å². The van der Waals surface area contributed by atoms with Gasteiger partial charge in [-0.15, -0.1) is 0 Å². The molecule has 110 valence electrons. The summed E-state index contributed by atoms with van der Waals surface area (Å²) in [5, 5.41) is 0. The molecule has 0 aliphatic carbocycles. The van der Waals surface area contributed by atoms with Gasteiger partial charge in [0.15, 0.2) is 0 Å². The van der Waals surface area contributed by atoms with Crippen LogP contribution in [0.15, 0.2) is 18.5 Å². The van der Waals surface area contributed by atoms with Crippen LogP contribution in [-0.2, 0) is 11.3 Å². The molecule has 2 atom stereocenters. The first kappa shape index (κ1) is 13.9. The monoisotopic (exact) mass is 276 g/mol. The van der Waals surface area contributed by atoms with Gasteiger partial charge in [0, 0.05) is 38.6 Å². The predicted molar refractivity (Wildman–Crippen MR) is 77.3 cm³/mol. The van der Waals surface area contributed by atoms with Gasteiger partial charge in [-0.05, 0) is 38.4 Å². The summed E-state index contributed by atoms with van der Waals surface area (Å²) in [6, 6.07) is 2.44. The van der Waals surface area contributed by atoms with Crippen LogP contribution in [0.1, 0.15) is 25.1 Å². The molecular weight excluding hydrogens is 252 g/mol. The van der Waals surface area contributed by atoms with Gasteiger partial charge >= 0.3 is 0 Å². The zero-order chi connectivity index (χ0) is 13.8. The standard InChI is InChI=1S/C15H24N4O/c1-20-14-9-13(10-18-7-2-3-8-18)19(11-14)12-15-16-5-4-6-17-15/h4-6,13-14H,2-3,7-12H2,1H3/t13-,14-/m0/s1. The highest BCUT2D eigenvalue weighted by atomic mass is 16.5. The first-order valence-electron chi connectivity index (χ1n) is 7.60. The van der Waals surface area contributed by atoms with Crippen molar-refractivity contribution in [2.24, 2.45) is 0 Å². The lowest BCUT2D eigenvalue weighted by Gasteiger charge is -2.27. The van der Waals surface area contributed by atoms with Crippen molar-refractivity contribution >= 4 is 0 Å². The molecule has 2 fully saturated rings. The number of rotatable bonds is 5. The minimum Gasteiger partial charge on any atom is -0.380 e. The Hall–Kier alpha value is -1.04. The molecule has 5 nitrogen and oxygen atoms in total. The van der Waals surface area contributed by atoms with E-state index in [2.05, 4.69) is 19.8 Å². The number of likely N-dealkylation sites (tertiary alicyclic amines) is 2. The summed E-state index contributed by atoms with van der Waals surface area (Å²) in [5.41, 5.74) is 0. The van der Waals surface area contributed by atoms with Crippen molar-refractivity contribution in [3.8, 4) is 0 Å². The molecule has 0 aromatic carbocycles. The second kappa shape index (κ2) is 6.61. The van der Waals surface area contributed by atoms with E-state index in [1.165, 1.54) is 25.9 Å². The largest absolute Gasteiger partial charge is 0.380 e. The van der Waals surface area contributed by atoms with Crippen LogP contribution in [0, 0.1) is 0 Å². The Balaban J connectivity index is 1.62. The highest BCUT2D eigenvalue weighted by Crippen LogP contribution is 2.23. The highest BCUT2D eigenvalue weighted by molar-refractivity contribution is 4.94. The van der Waals surface area contributed by atoms with Crippen LogP contribution in [0.2, 0.25) is 0 Å². The topological polar surface area (TPSA) is 41.5 Å². The highest BCUT2D eigenvalue weighted by Gasteiger charge is 2.34. The smallest absolute Gasteiger partial charge is 0.142 e. The summed E-state index contributed by atoms with van der Waals surface area (Å²) in [6.45, 7) is 5.49. The molecule has 0 bridgehead atoms. The van der Waals surface area contributed by atoms with Gasteiger partial charge in [-0.25, -0.2) is 9.97 Å². The molecule has 5 heteroatoms. The lowest BCUT2D eigenvalue weighted by Crippen LogP contribution is -2.39. The molecule has 3 rings (SSSR count). The van der Waals surface area contributed by atoms with Crippen molar-refractivity contribution in [2.75, 3.05) is 33.3 Å². The Morgan fingerprint density at radius 1 is 1.25 bits per heavy atom. The summed E-state index contributed by atoms with van der Waals surface area (Å²) in [4.78, 5) is 13.8.